The molecule has 148 valence electrons. The van der Waals surface area contributed by atoms with Crippen LogP contribution in [-0.4, -0.2) is 59.3 Å². The minimum Gasteiger partial charge on any atom is -0.445 e. The maximum atomic E-state index is 12.8. The summed E-state index contributed by atoms with van der Waals surface area (Å²) in [6.45, 7) is 4.82. The molecule has 0 unspecified atom stereocenters. The van der Waals surface area contributed by atoms with Gasteiger partial charge in [-0.3, -0.25) is 14.8 Å². The van der Waals surface area contributed by atoms with Crippen LogP contribution in [0.1, 0.15) is 24.0 Å². The van der Waals surface area contributed by atoms with Crippen molar-refractivity contribution in [2.75, 3.05) is 32.8 Å². The van der Waals surface area contributed by atoms with Crippen LogP contribution in [0.4, 0.5) is 4.79 Å². The van der Waals surface area contributed by atoms with Gasteiger partial charge in [-0.1, -0.05) is 36.4 Å². The van der Waals surface area contributed by atoms with Crippen molar-refractivity contribution in [3.8, 4) is 0 Å². The number of nitrogens with zero attached hydrogens (tertiary/aromatic N) is 3. The Kier molecular flexibility index (Phi) is 5.88. The largest absolute Gasteiger partial charge is 0.445 e. The zero-order chi connectivity index (χ0) is 19.2. The zero-order valence-corrected chi connectivity index (χ0v) is 16.1. The lowest BCUT2D eigenvalue weighted by Gasteiger charge is -2.50. The van der Waals surface area contributed by atoms with Gasteiger partial charge in [-0.05, 0) is 30.0 Å². The topological polar surface area (TPSA) is 54.9 Å². The molecule has 1 amide bonds. The van der Waals surface area contributed by atoms with E-state index in [4.69, 9.17) is 9.47 Å². The second-order valence-electron chi connectivity index (χ2n) is 7.61. The lowest BCUT2D eigenvalue weighted by Crippen LogP contribution is -2.63. The molecule has 0 atom stereocenters. The van der Waals surface area contributed by atoms with Gasteiger partial charge < -0.3 is 9.47 Å². The van der Waals surface area contributed by atoms with E-state index in [9.17, 15) is 4.79 Å². The average molecular weight is 381 g/mol. The third-order valence-corrected chi connectivity index (χ3v) is 5.74. The zero-order valence-electron chi connectivity index (χ0n) is 16.1. The molecule has 6 heteroatoms. The van der Waals surface area contributed by atoms with Crippen LogP contribution in [0.25, 0.3) is 0 Å². The lowest BCUT2D eigenvalue weighted by atomic mass is 9.85. The fourth-order valence-electron chi connectivity index (χ4n) is 4.11. The van der Waals surface area contributed by atoms with E-state index in [1.165, 1.54) is 5.56 Å². The number of pyridine rings is 1. The number of rotatable bonds is 4. The monoisotopic (exact) mass is 381 g/mol. The van der Waals surface area contributed by atoms with Crippen LogP contribution in [0, 0.1) is 0 Å². The third kappa shape index (κ3) is 4.34. The van der Waals surface area contributed by atoms with Gasteiger partial charge in [-0.15, -0.1) is 0 Å². The number of piperidine rings is 1. The van der Waals surface area contributed by atoms with Crippen molar-refractivity contribution in [3.05, 3.63) is 66.0 Å². The Morgan fingerprint density at radius 2 is 1.86 bits per heavy atom. The van der Waals surface area contributed by atoms with Crippen molar-refractivity contribution in [1.82, 2.24) is 14.8 Å². The van der Waals surface area contributed by atoms with E-state index in [0.29, 0.717) is 26.4 Å². The fraction of sp³-hybridized carbons (Fsp3) is 0.455. The Hall–Kier alpha value is -2.44. The Labute approximate surface area is 166 Å². The summed E-state index contributed by atoms with van der Waals surface area (Å²) in [5.74, 6) is 0. The molecule has 0 aliphatic carbocycles. The summed E-state index contributed by atoms with van der Waals surface area (Å²) in [6.07, 6.45) is 5.28. The maximum Gasteiger partial charge on any atom is 0.410 e. The summed E-state index contributed by atoms with van der Waals surface area (Å²) in [7, 11) is 0. The number of hydrogen-bond donors (Lipinski definition) is 0. The molecule has 0 N–H and O–H groups in total. The number of carbonyl (C=O) groups excluding carboxylic acids is 1. The Balaban J connectivity index is 1.36. The Morgan fingerprint density at radius 1 is 1.07 bits per heavy atom. The van der Waals surface area contributed by atoms with Crippen LogP contribution >= 0.6 is 0 Å². The van der Waals surface area contributed by atoms with Crippen LogP contribution < -0.4 is 0 Å². The highest BCUT2D eigenvalue weighted by Crippen LogP contribution is 2.33. The van der Waals surface area contributed by atoms with E-state index in [1.807, 2.05) is 47.5 Å². The molecule has 0 radical (unpaired) electrons. The van der Waals surface area contributed by atoms with Crippen LogP contribution in [0.5, 0.6) is 0 Å². The molecular weight excluding hydrogens is 354 g/mol. The van der Waals surface area contributed by atoms with E-state index in [0.717, 1.165) is 38.0 Å². The number of carbonyl (C=O) groups is 1. The molecule has 28 heavy (non-hydrogen) atoms. The molecule has 2 saturated heterocycles. The van der Waals surface area contributed by atoms with Gasteiger partial charge in [0.1, 0.15) is 6.61 Å². The second-order valence-corrected chi connectivity index (χ2v) is 7.61. The number of hydrogen-bond acceptors (Lipinski definition) is 5. The maximum absolute atomic E-state index is 12.8. The van der Waals surface area contributed by atoms with E-state index < -0.39 is 0 Å². The fourth-order valence-corrected chi connectivity index (χ4v) is 4.11. The highest BCUT2D eigenvalue weighted by atomic mass is 16.6. The number of amides is 1. The first kappa shape index (κ1) is 18.9. The first-order chi connectivity index (χ1) is 13.8. The third-order valence-electron chi connectivity index (χ3n) is 5.74. The summed E-state index contributed by atoms with van der Waals surface area (Å²) in [6, 6.07) is 13.9. The standard InChI is InChI=1S/C22H27N3O3/c26-21(28-17-19-5-2-1-3-6-19)25-13-14-27-18-22(25)8-11-24(12-9-22)16-20-7-4-10-23-15-20/h1-7,10,15H,8-9,11-14,16-18H2. The van der Waals surface area contributed by atoms with Crippen molar-refractivity contribution >= 4 is 6.09 Å². The molecule has 6 nitrogen and oxygen atoms in total. The van der Waals surface area contributed by atoms with Crippen LogP contribution in [0.2, 0.25) is 0 Å². The van der Waals surface area contributed by atoms with Crippen molar-refractivity contribution in [3.63, 3.8) is 0 Å². The van der Waals surface area contributed by atoms with Crippen LogP contribution in [0.3, 0.4) is 0 Å². The number of ether oxygens (including phenoxy) is 2. The molecule has 0 bridgehead atoms. The van der Waals surface area contributed by atoms with Crippen molar-refractivity contribution < 1.29 is 14.3 Å². The van der Waals surface area contributed by atoms with Gasteiger partial charge in [0, 0.05) is 38.6 Å². The summed E-state index contributed by atoms with van der Waals surface area (Å²) in [5, 5.41) is 0. The molecular formula is C22H27N3O3. The van der Waals surface area contributed by atoms with Gasteiger partial charge in [0.15, 0.2) is 0 Å². The summed E-state index contributed by atoms with van der Waals surface area (Å²) in [5.41, 5.74) is 1.97. The van der Waals surface area contributed by atoms with E-state index in [1.54, 1.807) is 6.20 Å². The van der Waals surface area contributed by atoms with Gasteiger partial charge in [0.2, 0.25) is 0 Å². The quantitative estimate of drug-likeness (QED) is 0.815. The first-order valence-corrected chi connectivity index (χ1v) is 9.93. The van der Waals surface area contributed by atoms with Crippen LogP contribution in [0.15, 0.2) is 54.9 Å². The molecule has 2 aliphatic rings. The van der Waals surface area contributed by atoms with Crippen molar-refractivity contribution in [1.29, 1.82) is 0 Å². The first-order valence-electron chi connectivity index (χ1n) is 9.93. The molecule has 0 saturated carbocycles. The second kappa shape index (κ2) is 8.71. The lowest BCUT2D eigenvalue weighted by molar-refractivity contribution is -0.0871. The summed E-state index contributed by atoms with van der Waals surface area (Å²) in [4.78, 5) is 21.4. The molecule has 1 aromatic heterocycles. The Morgan fingerprint density at radius 3 is 2.61 bits per heavy atom. The Bertz CT molecular complexity index is 761. The minimum atomic E-state index is -0.253. The molecule has 2 aromatic rings. The van der Waals surface area contributed by atoms with E-state index >= 15 is 0 Å². The van der Waals surface area contributed by atoms with E-state index in [2.05, 4.69) is 16.0 Å². The normalized spacial score (nSPS) is 19.5. The molecule has 2 fully saturated rings. The summed E-state index contributed by atoms with van der Waals surface area (Å²) < 4.78 is 11.4. The molecule has 3 heterocycles. The van der Waals surface area contributed by atoms with E-state index in [-0.39, 0.29) is 11.6 Å². The van der Waals surface area contributed by atoms with Gasteiger partial charge in [0.05, 0.1) is 18.8 Å². The number of morpholine rings is 1. The predicted molar refractivity (Wildman–Crippen MR) is 106 cm³/mol. The average Bonchev–Trinajstić information content (AvgIpc) is 2.76. The van der Waals surface area contributed by atoms with Gasteiger partial charge in [0.25, 0.3) is 0 Å². The smallest absolute Gasteiger partial charge is 0.410 e. The highest BCUT2D eigenvalue weighted by molar-refractivity contribution is 5.69. The predicted octanol–water partition coefficient (Wildman–Crippen LogP) is 3.09. The molecule has 2 aliphatic heterocycles. The van der Waals surface area contributed by atoms with Crippen molar-refractivity contribution in [2.24, 2.45) is 0 Å². The van der Waals surface area contributed by atoms with Gasteiger partial charge >= 0.3 is 6.09 Å². The van der Waals surface area contributed by atoms with Crippen LogP contribution in [-0.2, 0) is 22.6 Å². The summed E-state index contributed by atoms with van der Waals surface area (Å²) >= 11 is 0. The SMILES string of the molecule is O=C(OCc1ccccc1)N1CCOCC12CCN(Cc1cccnc1)CC2. The number of aromatic nitrogens is 1. The molecule has 1 spiro atoms. The number of benzene rings is 1. The molecule has 1 aromatic carbocycles. The number of likely N-dealkylation sites (tertiary alicyclic amines) is 1. The van der Waals surface area contributed by atoms with Gasteiger partial charge in [-0.25, -0.2) is 4.79 Å². The van der Waals surface area contributed by atoms with Gasteiger partial charge in [-0.2, -0.15) is 0 Å². The molecule has 4 rings (SSSR count). The minimum absolute atomic E-state index is 0.229. The van der Waals surface area contributed by atoms with Crippen molar-refractivity contribution in [2.45, 2.75) is 31.5 Å². The highest BCUT2D eigenvalue weighted by Gasteiger charge is 2.45.